The van der Waals surface area contributed by atoms with Gasteiger partial charge in [-0.25, -0.2) is 0 Å². The molecule has 0 radical (unpaired) electrons. The van der Waals surface area contributed by atoms with Crippen molar-refractivity contribution in [2.24, 2.45) is 5.73 Å². The highest BCUT2D eigenvalue weighted by Gasteiger charge is 2.04. The second-order valence-corrected chi connectivity index (χ2v) is 5.04. The Hall–Kier alpha value is -2.65. The fourth-order valence-electron chi connectivity index (χ4n) is 2.33. The molecule has 0 saturated carbocycles. The van der Waals surface area contributed by atoms with Crippen molar-refractivity contribution in [3.63, 3.8) is 0 Å². The first-order chi connectivity index (χ1) is 10.9. The summed E-state index contributed by atoms with van der Waals surface area (Å²) in [7, 11) is 0. The maximum Gasteiger partial charge on any atom is 0.119 e. The molecule has 0 amide bonds. The minimum absolute atomic E-state index is 0.504. The van der Waals surface area contributed by atoms with E-state index in [1.54, 1.807) is 6.20 Å². The van der Waals surface area contributed by atoms with Crippen LogP contribution in [0, 0.1) is 0 Å². The minimum Gasteiger partial charge on any atom is -0.489 e. The van der Waals surface area contributed by atoms with Crippen molar-refractivity contribution in [3.8, 4) is 16.9 Å². The summed E-state index contributed by atoms with van der Waals surface area (Å²) >= 11 is 0. The van der Waals surface area contributed by atoms with Crippen LogP contribution in [0.5, 0.6) is 5.75 Å². The van der Waals surface area contributed by atoms with Gasteiger partial charge < -0.3 is 10.5 Å². The number of hydrogen-bond acceptors (Lipinski definition) is 3. The molecule has 0 aliphatic rings. The lowest BCUT2D eigenvalue weighted by molar-refractivity contribution is 0.306. The molecule has 3 aromatic rings. The SMILES string of the molecule is NCc1ccncc1-c1ccc(OCc2ccccc2)cc1. The number of nitrogens with two attached hydrogens (primary N) is 1. The third-order valence-corrected chi connectivity index (χ3v) is 3.54. The zero-order valence-corrected chi connectivity index (χ0v) is 12.3. The smallest absolute Gasteiger partial charge is 0.119 e. The Bertz CT molecular complexity index is 724. The average molecular weight is 290 g/mol. The molecule has 0 saturated heterocycles. The second-order valence-electron chi connectivity index (χ2n) is 5.04. The summed E-state index contributed by atoms with van der Waals surface area (Å²) in [6.45, 7) is 1.07. The van der Waals surface area contributed by atoms with Gasteiger partial charge >= 0.3 is 0 Å². The first kappa shape index (κ1) is 14.3. The molecule has 0 spiro atoms. The van der Waals surface area contributed by atoms with E-state index in [2.05, 4.69) is 17.1 Å². The van der Waals surface area contributed by atoms with Gasteiger partial charge in [-0.15, -0.1) is 0 Å². The van der Waals surface area contributed by atoms with Gasteiger partial charge in [0.15, 0.2) is 0 Å². The van der Waals surface area contributed by atoms with E-state index in [0.29, 0.717) is 13.2 Å². The van der Waals surface area contributed by atoms with Gasteiger partial charge in [-0.1, -0.05) is 42.5 Å². The van der Waals surface area contributed by atoms with Crippen LogP contribution in [0.25, 0.3) is 11.1 Å². The summed E-state index contributed by atoms with van der Waals surface area (Å²) in [4.78, 5) is 4.18. The van der Waals surface area contributed by atoms with E-state index in [1.165, 1.54) is 0 Å². The minimum atomic E-state index is 0.504. The monoisotopic (exact) mass is 290 g/mol. The number of rotatable bonds is 5. The molecule has 110 valence electrons. The van der Waals surface area contributed by atoms with Crippen molar-refractivity contribution >= 4 is 0 Å². The first-order valence-electron chi connectivity index (χ1n) is 7.27. The maximum atomic E-state index is 5.80. The van der Waals surface area contributed by atoms with Crippen LogP contribution in [0.1, 0.15) is 11.1 Å². The van der Waals surface area contributed by atoms with E-state index in [1.807, 2.05) is 54.7 Å². The van der Waals surface area contributed by atoms with Gasteiger partial charge in [0.2, 0.25) is 0 Å². The number of pyridine rings is 1. The third kappa shape index (κ3) is 3.32. The molecule has 3 rings (SSSR count). The Morgan fingerprint density at radius 1 is 0.909 bits per heavy atom. The Kier molecular flexibility index (Phi) is 4.47. The van der Waals surface area contributed by atoms with Crippen molar-refractivity contribution in [1.82, 2.24) is 4.98 Å². The van der Waals surface area contributed by atoms with E-state index < -0.39 is 0 Å². The molecular formula is C19H18N2O. The predicted octanol–water partition coefficient (Wildman–Crippen LogP) is 3.79. The molecule has 1 aromatic heterocycles. The fourth-order valence-corrected chi connectivity index (χ4v) is 2.33. The largest absolute Gasteiger partial charge is 0.489 e. The van der Waals surface area contributed by atoms with Crippen molar-refractivity contribution in [3.05, 3.63) is 84.2 Å². The van der Waals surface area contributed by atoms with E-state index in [4.69, 9.17) is 10.5 Å². The molecule has 2 N–H and O–H groups in total. The molecule has 0 unspecified atom stereocenters. The number of aromatic nitrogens is 1. The fraction of sp³-hybridized carbons (Fsp3) is 0.105. The Morgan fingerprint density at radius 3 is 2.41 bits per heavy atom. The number of ether oxygens (including phenoxy) is 1. The topological polar surface area (TPSA) is 48.1 Å². The van der Waals surface area contributed by atoms with Crippen LogP contribution >= 0.6 is 0 Å². The van der Waals surface area contributed by atoms with Crippen molar-refractivity contribution < 1.29 is 4.74 Å². The van der Waals surface area contributed by atoms with Gasteiger partial charge in [-0.3, -0.25) is 4.98 Å². The quantitative estimate of drug-likeness (QED) is 0.777. The summed E-state index contributed by atoms with van der Waals surface area (Å²) < 4.78 is 5.80. The van der Waals surface area contributed by atoms with Gasteiger partial charge in [-0.05, 0) is 34.9 Å². The highest BCUT2D eigenvalue weighted by molar-refractivity contribution is 5.66. The molecule has 0 fully saturated rings. The molecule has 3 heteroatoms. The van der Waals surface area contributed by atoms with Crippen LogP contribution in [0.3, 0.4) is 0 Å². The highest BCUT2D eigenvalue weighted by atomic mass is 16.5. The van der Waals surface area contributed by atoms with Crippen LogP contribution in [-0.4, -0.2) is 4.98 Å². The Morgan fingerprint density at radius 2 is 1.68 bits per heavy atom. The van der Waals surface area contributed by atoms with Crippen LogP contribution in [0.2, 0.25) is 0 Å². The molecule has 0 aliphatic heterocycles. The molecule has 1 heterocycles. The molecule has 22 heavy (non-hydrogen) atoms. The van der Waals surface area contributed by atoms with Crippen molar-refractivity contribution in [2.75, 3.05) is 0 Å². The van der Waals surface area contributed by atoms with E-state index in [0.717, 1.165) is 28.0 Å². The van der Waals surface area contributed by atoms with Gasteiger partial charge in [0.05, 0.1) is 0 Å². The summed E-state index contributed by atoms with van der Waals surface area (Å²) in [5.74, 6) is 0.853. The predicted molar refractivity (Wildman–Crippen MR) is 88.3 cm³/mol. The third-order valence-electron chi connectivity index (χ3n) is 3.54. The van der Waals surface area contributed by atoms with Gasteiger partial charge in [0.1, 0.15) is 12.4 Å². The molecule has 0 atom stereocenters. The van der Waals surface area contributed by atoms with Crippen LogP contribution in [0.4, 0.5) is 0 Å². The summed E-state index contributed by atoms with van der Waals surface area (Å²) in [5, 5.41) is 0. The molecule has 3 nitrogen and oxygen atoms in total. The number of nitrogens with zero attached hydrogens (tertiary/aromatic N) is 1. The lowest BCUT2D eigenvalue weighted by Gasteiger charge is -2.09. The van der Waals surface area contributed by atoms with Gasteiger partial charge in [0.25, 0.3) is 0 Å². The van der Waals surface area contributed by atoms with Gasteiger partial charge in [-0.2, -0.15) is 0 Å². The van der Waals surface area contributed by atoms with Crippen molar-refractivity contribution in [1.29, 1.82) is 0 Å². The average Bonchev–Trinajstić information content (AvgIpc) is 2.61. The standard InChI is InChI=1S/C19H18N2O/c20-12-17-10-11-21-13-19(17)16-6-8-18(9-7-16)22-14-15-4-2-1-3-5-15/h1-11,13H,12,14,20H2. The molecular weight excluding hydrogens is 272 g/mol. The summed E-state index contributed by atoms with van der Waals surface area (Å²) in [6.07, 6.45) is 3.62. The van der Waals surface area contributed by atoms with Gasteiger partial charge in [0, 0.05) is 24.5 Å². The second kappa shape index (κ2) is 6.87. The highest BCUT2D eigenvalue weighted by Crippen LogP contribution is 2.25. The number of benzene rings is 2. The van der Waals surface area contributed by atoms with E-state index >= 15 is 0 Å². The van der Waals surface area contributed by atoms with Crippen molar-refractivity contribution in [2.45, 2.75) is 13.2 Å². The van der Waals surface area contributed by atoms with Crippen LogP contribution < -0.4 is 10.5 Å². The summed E-state index contributed by atoms with van der Waals surface area (Å²) in [5.41, 5.74) is 10.2. The Balaban J connectivity index is 1.73. The first-order valence-corrected chi connectivity index (χ1v) is 7.27. The van der Waals surface area contributed by atoms with Crippen LogP contribution in [-0.2, 0) is 13.2 Å². The zero-order valence-electron chi connectivity index (χ0n) is 12.3. The zero-order chi connectivity index (χ0) is 15.2. The van der Waals surface area contributed by atoms with E-state index in [9.17, 15) is 0 Å². The lowest BCUT2D eigenvalue weighted by Crippen LogP contribution is -1.99. The Labute approximate surface area is 130 Å². The van der Waals surface area contributed by atoms with E-state index in [-0.39, 0.29) is 0 Å². The maximum absolute atomic E-state index is 5.80. The lowest BCUT2D eigenvalue weighted by atomic mass is 10.0. The molecule has 0 aliphatic carbocycles. The van der Waals surface area contributed by atoms with Crippen LogP contribution in [0.15, 0.2) is 73.1 Å². The summed E-state index contributed by atoms with van der Waals surface area (Å²) in [6, 6.07) is 20.1. The molecule has 2 aromatic carbocycles. The molecule has 0 bridgehead atoms. The number of hydrogen-bond donors (Lipinski definition) is 1. The normalized spacial score (nSPS) is 10.4.